The maximum atomic E-state index is 13.3. The SMILES string of the molecule is COCCOCCOCCO[C@H]1CCN(C(=O)[C@@H](NC(=O)OC(C)(C)C)c2ccc(C(F)(F)F)cc2)C1. The quantitative estimate of drug-likeness (QED) is 0.387. The van der Waals surface area contributed by atoms with Gasteiger partial charge in [-0.05, 0) is 44.9 Å². The number of methoxy groups -OCH3 is 1. The molecule has 0 radical (unpaired) electrons. The van der Waals surface area contributed by atoms with Crippen molar-refractivity contribution in [1.29, 1.82) is 0 Å². The molecule has 1 aliphatic rings. The second kappa shape index (κ2) is 14.5. The Morgan fingerprint density at radius 3 is 2.16 bits per heavy atom. The zero-order valence-electron chi connectivity index (χ0n) is 21.8. The third-order valence-corrected chi connectivity index (χ3v) is 5.32. The lowest BCUT2D eigenvalue weighted by atomic mass is 10.0. The number of rotatable bonds is 13. The number of carbonyl (C=O) groups is 2. The molecule has 2 amide bonds. The summed E-state index contributed by atoms with van der Waals surface area (Å²) in [5.74, 6) is -0.457. The molecular formula is C25H37F3N2O7. The van der Waals surface area contributed by atoms with E-state index in [4.69, 9.17) is 23.7 Å². The fraction of sp³-hybridized carbons (Fsp3) is 0.680. The first-order valence-corrected chi connectivity index (χ1v) is 12.1. The molecule has 1 aromatic rings. The molecule has 210 valence electrons. The predicted octanol–water partition coefficient (Wildman–Crippen LogP) is 3.57. The molecule has 0 saturated carbocycles. The van der Waals surface area contributed by atoms with Crippen molar-refractivity contribution in [2.24, 2.45) is 0 Å². The highest BCUT2D eigenvalue weighted by Gasteiger charge is 2.35. The van der Waals surface area contributed by atoms with E-state index in [1.54, 1.807) is 27.9 Å². The lowest BCUT2D eigenvalue weighted by molar-refractivity contribution is -0.137. The summed E-state index contributed by atoms with van der Waals surface area (Å²) in [6.07, 6.45) is -5.00. The Hall–Kier alpha value is -2.41. The lowest BCUT2D eigenvalue weighted by Gasteiger charge is -2.27. The van der Waals surface area contributed by atoms with Gasteiger partial charge in [0.1, 0.15) is 11.6 Å². The van der Waals surface area contributed by atoms with Gasteiger partial charge in [-0.25, -0.2) is 4.79 Å². The molecule has 0 spiro atoms. The summed E-state index contributed by atoms with van der Waals surface area (Å²) >= 11 is 0. The maximum absolute atomic E-state index is 13.3. The summed E-state index contributed by atoms with van der Waals surface area (Å²) in [6, 6.07) is 2.92. The predicted molar refractivity (Wildman–Crippen MR) is 128 cm³/mol. The standard InChI is InChI=1S/C25H37F3N2O7/c1-24(2,3)37-23(32)29-21(18-5-7-19(8-6-18)25(26,27)28)22(31)30-10-9-20(17-30)36-16-15-35-14-13-34-12-11-33-4/h5-8,20-21H,9-17H2,1-4H3,(H,29,32)/t20-,21-/m0/s1. The molecule has 1 saturated heterocycles. The molecule has 9 nitrogen and oxygen atoms in total. The number of hydrogen-bond acceptors (Lipinski definition) is 7. The smallest absolute Gasteiger partial charge is 0.416 e. The molecule has 0 bridgehead atoms. The Morgan fingerprint density at radius 1 is 1.00 bits per heavy atom. The van der Waals surface area contributed by atoms with Crippen LogP contribution in [0, 0.1) is 0 Å². The topological polar surface area (TPSA) is 95.6 Å². The number of halogens is 3. The highest BCUT2D eigenvalue weighted by molar-refractivity contribution is 5.87. The molecular weight excluding hydrogens is 497 g/mol. The van der Waals surface area contributed by atoms with E-state index in [1.165, 1.54) is 17.0 Å². The summed E-state index contributed by atoms with van der Waals surface area (Å²) in [6.45, 7) is 8.27. The highest BCUT2D eigenvalue weighted by atomic mass is 19.4. The Kier molecular flexibility index (Phi) is 12.1. The largest absolute Gasteiger partial charge is 0.444 e. The molecule has 1 aliphatic heterocycles. The van der Waals surface area contributed by atoms with Gasteiger partial charge >= 0.3 is 12.3 Å². The van der Waals surface area contributed by atoms with E-state index in [9.17, 15) is 22.8 Å². The van der Waals surface area contributed by atoms with E-state index in [-0.39, 0.29) is 18.2 Å². The number of likely N-dealkylation sites (tertiary alicyclic amines) is 1. The van der Waals surface area contributed by atoms with Gasteiger partial charge in [0.2, 0.25) is 5.91 Å². The van der Waals surface area contributed by atoms with Gasteiger partial charge in [0, 0.05) is 20.2 Å². The first kappa shape index (κ1) is 30.8. The Bertz CT molecular complexity index is 844. The molecule has 2 atom stereocenters. The van der Waals surface area contributed by atoms with Gasteiger partial charge in [0.15, 0.2) is 0 Å². The molecule has 0 unspecified atom stereocenters. The van der Waals surface area contributed by atoms with E-state index in [1.807, 2.05) is 0 Å². The number of ether oxygens (including phenoxy) is 5. The Morgan fingerprint density at radius 2 is 1.59 bits per heavy atom. The summed E-state index contributed by atoms with van der Waals surface area (Å²) in [4.78, 5) is 27.3. The molecule has 0 aromatic heterocycles. The second-order valence-corrected chi connectivity index (χ2v) is 9.48. The van der Waals surface area contributed by atoms with Crippen molar-refractivity contribution in [2.75, 3.05) is 59.8 Å². The van der Waals surface area contributed by atoms with Crippen molar-refractivity contribution in [3.8, 4) is 0 Å². The van der Waals surface area contributed by atoms with Gasteiger partial charge < -0.3 is 33.9 Å². The van der Waals surface area contributed by atoms with Crippen molar-refractivity contribution in [3.63, 3.8) is 0 Å². The summed E-state index contributed by atoms with van der Waals surface area (Å²) in [5, 5.41) is 2.51. The summed E-state index contributed by atoms with van der Waals surface area (Å²) < 4.78 is 65.7. The van der Waals surface area contributed by atoms with Crippen LogP contribution in [0.4, 0.5) is 18.0 Å². The molecule has 37 heavy (non-hydrogen) atoms. The average Bonchev–Trinajstić information content (AvgIpc) is 3.28. The molecule has 0 aliphatic carbocycles. The highest BCUT2D eigenvalue weighted by Crippen LogP contribution is 2.30. The molecule has 1 aromatic carbocycles. The van der Waals surface area contributed by atoms with Gasteiger partial charge in [-0.1, -0.05) is 12.1 Å². The number of nitrogens with one attached hydrogen (secondary N) is 1. The number of alkyl halides is 3. The minimum absolute atomic E-state index is 0.217. The van der Waals surface area contributed by atoms with Crippen LogP contribution in [0.15, 0.2) is 24.3 Å². The van der Waals surface area contributed by atoms with Crippen LogP contribution in [0.5, 0.6) is 0 Å². The maximum Gasteiger partial charge on any atom is 0.416 e. The van der Waals surface area contributed by atoms with Gasteiger partial charge in [-0.15, -0.1) is 0 Å². The van der Waals surface area contributed by atoms with Crippen LogP contribution >= 0.6 is 0 Å². The first-order chi connectivity index (χ1) is 17.4. The third kappa shape index (κ3) is 11.2. The van der Waals surface area contributed by atoms with Crippen LogP contribution in [0.25, 0.3) is 0 Å². The summed E-state index contributed by atoms with van der Waals surface area (Å²) in [5.41, 5.74) is -1.45. The minimum atomic E-state index is -4.52. The lowest BCUT2D eigenvalue weighted by Crippen LogP contribution is -2.44. The van der Waals surface area contributed by atoms with Crippen LogP contribution in [-0.2, 0) is 34.7 Å². The number of amides is 2. The van der Waals surface area contributed by atoms with E-state index < -0.39 is 35.4 Å². The molecule has 1 fully saturated rings. The fourth-order valence-electron chi connectivity index (χ4n) is 3.56. The van der Waals surface area contributed by atoms with Crippen LogP contribution in [0.3, 0.4) is 0 Å². The van der Waals surface area contributed by atoms with Crippen LogP contribution in [0.1, 0.15) is 44.4 Å². The van der Waals surface area contributed by atoms with E-state index in [0.717, 1.165) is 12.1 Å². The number of hydrogen-bond donors (Lipinski definition) is 1. The van der Waals surface area contributed by atoms with Crippen molar-refractivity contribution in [1.82, 2.24) is 10.2 Å². The first-order valence-electron chi connectivity index (χ1n) is 12.1. The zero-order chi connectivity index (χ0) is 27.5. The second-order valence-electron chi connectivity index (χ2n) is 9.48. The minimum Gasteiger partial charge on any atom is -0.444 e. The van der Waals surface area contributed by atoms with Crippen molar-refractivity contribution in [2.45, 2.75) is 51.1 Å². The number of alkyl carbamates (subject to hydrolysis) is 1. The third-order valence-electron chi connectivity index (χ3n) is 5.32. The normalized spacial score (nSPS) is 17.1. The van der Waals surface area contributed by atoms with Crippen molar-refractivity contribution < 1.29 is 46.4 Å². The van der Waals surface area contributed by atoms with Crippen LogP contribution in [0.2, 0.25) is 0 Å². The van der Waals surface area contributed by atoms with E-state index >= 15 is 0 Å². The van der Waals surface area contributed by atoms with E-state index in [0.29, 0.717) is 52.6 Å². The van der Waals surface area contributed by atoms with Gasteiger partial charge in [-0.2, -0.15) is 13.2 Å². The fourth-order valence-corrected chi connectivity index (χ4v) is 3.56. The Labute approximate surface area is 215 Å². The Balaban J connectivity index is 1.92. The average molecular weight is 535 g/mol. The van der Waals surface area contributed by atoms with E-state index in [2.05, 4.69) is 5.32 Å². The van der Waals surface area contributed by atoms with Crippen LogP contribution < -0.4 is 5.32 Å². The summed E-state index contributed by atoms with van der Waals surface area (Å²) in [7, 11) is 1.60. The number of nitrogens with zero attached hydrogens (tertiary/aromatic N) is 1. The zero-order valence-corrected chi connectivity index (χ0v) is 21.8. The molecule has 12 heteroatoms. The van der Waals surface area contributed by atoms with Crippen molar-refractivity contribution in [3.05, 3.63) is 35.4 Å². The molecule has 1 N–H and O–H groups in total. The molecule has 2 rings (SSSR count). The van der Waals surface area contributed by atoms with Gasteiger partial charge in [-0.3, -0.25) is 4.79 Å². The van der Waals surface area contributed by atoms with Gasteiger partial charge in [0.05, 0.1) is 51.3 Å². The van der Waals surface area contributed by atoms with Gasteiger partial charge in [0.25, 0.3) is 0 Å². The van der Waals surface area contributed by atoms with Crippen LogP contribution in [-0.4, -0.2) is 88.4 Å². The number of benzene rings is 1. The monoisotopic (exact) mass is 534 g/mol. The van der Waals surface area contributed by atoms with Crippen molar-refractivity contribution >= 4 is 12.0 Å². The molecule has 1 heterocycles. The number of carbonyl (C=O) groups excluding carboxylic acids is 2.